The van der Waals surface area contributed by atoms with Crippen LogP contribution in [-0.4, -0.2) is 6.04 Å². The lowest BCUT2D eigenvalue weighted by atomic mass is 10.1. The van der Waals surface area contributed by atoms with Gasteiger partial charge < -0.3 is 5.32 Å². The van der Waals surface area contributed by atoms with Gasteiger partial charge in [-0.1, -0.05) is 24.9 Å². The molecule has 1 nitrogen and oxygen atoms in total. The molecule has 1 saturated carbocycles. The van der Waals surface area contributed by atoms with E-state index >= 15 is 0 Å². The Kier molecular flexibility index (Phi) is 2.97. The smallest absolute Gasteiger partial charge is 0.0407 e. The van der Waals surface area contributed by atoms with E-state index in [-0.39, 0.29) is 0 Å². The van der Waals surface area contributed by atoms with Crippen molar-refractivity contribution >= 4 is 17.3 Å². The molecule has 1 aromatic rings. The zero-order chi connectivity index (χ0) is 9.97. The number of hydrogen-bond acceptors (Lipinski definition) is 1. The van der Waals surface area contributed by atoms with Gasteiger partial charge in [-0.05, 0) is 43.0 Å². The predicted octanol–water partition coefficient (Wildman–Crippen LogP) is 3.94. The van der Waals surface area contributed by atoms with Gasteiger partial charge in [0.1, 0.15) is 0 Å². The maximum absolute atomic E-state index is 5.83. The summed E-state index contributed by atoms with van der Waals surface area (Å²) in [6.45, 7) is 2.32. The Morgan fingerprint density at radius 3 is 2.50 bits per heavy atom. The van der Waals surface area contributed by atoms with Crippen molar-refractivity contribution in [2.24, 2.45) is 5.92 Å². The molecule has 76 valence electrons. The highest BCUT2D eigenvalue weighted by Gasteiger charge is 2.22. The van der Waals surface area contributed by atoms with E-state index in [1.54, 1.807) is 0 Å². The Morgan fingerprint density at radius 1 is 1.21 bits per heavy atom. The topological polar surface area (TPSA) is 12.0 Å². The molecule has 0 heterocycles. The number of halogens is 1. The van der Waals surface area contributed by atoms with Crippen molar-refractivity contribution in [1.29, 1.82) is 0 Å². The summed E-state index contributed by atoms with van der Waals surface area (Å²) in [4.78, 5) is 0. The van der Waals surface area contributed by atoms with Gasteiger partial charge in [0.2, 0.25) is 0 Å². The van der Waals surface area contributed by atoms with Crippen LogP contribution in [0.15, 0.2) is 24.3 Å². The molecule has 0 aliphatic heterocycles. The molecule has 1 aromatic carbocycles. The second-order valence-corrected chi connectivity index (χ2v) is 4.60. The van der Waals surface area contributed by atoms with Crippen LogP contribution >= 0.6 is 11.6 Å². The lowest BCUT2D eigenvalue weighted by Gasteiger charge is -2.18. The van der Waals surface area contributed by atoms with E-state index in [9.17, 15) is 0 Å². The first-order valence-corrected chi connectivity index (χ1v) is 5.65. The maximum atomic E-state index is 5.83. The molecule has 1 N–H and O–H groups in total. The van der Waals surface area contributed by atoms with E-state index in [1.807, 2.05) is 24.3 Å². The minimum atomic E-state index is 0.649. The lowest BCUT2D eigenvalue weighted by Crippen LogP contribution is -2.21. The minimum Gasteiger partial charge on any atom is -0.382 e. The molecule has 0 amide bonds. The number of hydrogen-bond donors (Lipinski definition) is 1. The van der Waals surface area contributed by atoms with E-state index in [2.05, 4.69) is 12.2 Å². The summed E-state index contributed by atoms with van der Waals surface area (Å²) in [5.41, 5.74) is 1.19. The minimum absolute atomic E-state index is 0.649. The Morgan fingerprint density at radius 2 is 1.93 bits per heavy atom. The van der Waals surface area contributed by atoms with Crippen LogP contribution in [0.5, 0.6) is 0 Å². The standard InChI is InChI=1S/C12H16ClN/c1-9-3-2-4-12(9)14-11-7-5-10(13)6-8-11/h5-9,12,14H,2-4H2,1H3. The summed E-state index contributed by atoms with van der Waals surface area (Å²) < 4.78 is 0. The van der Waals surface area contributed by atoms with Gasteiger partial charge in [0.05, 0.1) is 0 Å². The molecule has 1 aliphatic carbocycles. The van der Waals surface area contributed by atoms with Crippen LogP contribution in [0.25, 0.3) is 0 Å². The van der Waals surface area contributed by atoms with Crippen LogP contribution in [0.3, 0.4) is 0 Å². The second kappa shape index (κ2) is 4.22. The first-order valence-electron chi connectivity index (χ1n) is 5.28. The molecule has 1 fully saturated rings. The van der Waals surface area contributed by atoms with E-state index in [1.165, 1.54) is 24.9 Å². The molecule has 14 heavy (non-hydrogen) atoms. The summed E-state index contributed by atoms with van der Waals surface area (Å²) in [6, 6.07) is 8.62. The maximum Gasteiger partial charge on any atom is 0.0407 e. The van der Waals surface area contributed by atoms with Crippen molar-refractivity contribution in [2.75, 3.05) is 5.32 Å². The number of nitrogens with one attached hydrogen (secondary N) is 1. The normalized spacial score (nSPS) is 26.4. The van der Waals surface area contributed by atoms with Crippen molar-refractivity contribution in [3.05, 3.63) is 29.3 Å². The largest absolute Gasteiger partial charge is 0.382 e. The summed E-state index contributed by atoms with van der Waals surface area (Å²) in [5, 5.41) is 4.36. The van der Waals surface area contributed by atoms with Gasteiger partial charge in [-0.15, -0.1) is 0 Å². The van der Waals surface area contributed by atoms with Crippen LogP contribution in [0, 0.1) is 5.92 Å². The average molecular weight is 210 g/mol. The molecule has 2 unspecified atom stereocenters. The molecule has 0 bridgehead atoms. The highest BCUT2D eigenvalue weighted by Crippen LogP contribution is 2.28. The Labute approximate surface area is 90.5 Å². The van der Waals surface area contributed by atoms with Crippen molar-refractivity contribution in [2.45, 2.75) is 32.2 Å². The van der Waals surface area contributed by atoms with Gasteiger partial charge in [0.15, 0.2) is 0 Å². The molecular formula is C12H16ClN. The van der Waals surface area contributed by atoms with Crippen LogP contribution in [0.2, 0.25) is 5.02 Å². The average Bonchev–Trinajstić information content (AvgIpc) is 2.56. The summed E-state index contributed by atoms with van der Waals surface area (Å²) in [7, 11) is 0. The lowest BCUT2D eigenvalue weighted by molar-refractivity contribution is 0.556. The van der Waals surface area contributed by atoms with Crippen molar-refractivity contribution in [3.8, 4) is 0 Å². The number of anilines is 1. The molecule has 0 spiro atoms. The summed E-state index contributed by atoms with van der Waals surface area (Å²) in [6.07, 6.45) is 4.00. The third-order valence-corrected chi connectivity index (χ3v) is 3.31. The second-order valence-electron chi connectivity index (χ2n) is 4.17. The molecule has 2 rings (SSSR count). The highest BCUT2D eigenvalue weighted by molar-refractivity contribution is 6.30. The Balaban J connectivity index is 2.00. The highest BCUT2D eigenvalue weighted by atomic mass is 35.5. The fraction of sp³-hybridized carbons (Fsp3) is 0.500. The van der Waals surface area contributed by atoms with E-state index in [0.717, 1.165) is 10.9 Å². The van der Waals surface area contributed by atoms with E-state index in [0.29, 0.717) is 6.04 Å². The first-order chi connectivity index (χ1) is 6.75. The van der Waals surface area contributed by atoms with Crippen LogP contribution < -0.4 is 5.32 Å². The molecule has 1 aliphatic rings. The summed E-state index contributed by atoms with van der Waals surface area (Å²) >= 11 is 5.83. The van der Waals surface area contributed by atoms with Gasteiger partial charge in [0, 0.05) is 16.8 Å². The number of rotatable bonds is 2. The SMILES string of the molecule is CC1CCCC1Nc1ccc(Cl)cc1. The molecule has 2 atom stereocenters. The molecule has 0 aromatic heterocycles. The third kappa shape index (κ3) is 2.21. The monoisotopic (exact) mass is 209 g/mol. The van der Waals surface area contributed by atoms with Crippen molar-refractivity contribution in [1.82, 2.24) is 0 Å². The molecule has 2 heteroatoms. The number of benzene rings is 1. The quantitative estimate of drug-likeness (QED) is 0.778. The fourth-order valence-electron chi connectivity index (χ4n) is 2.12. The van der Waals surface area contributed by atoms with E-state index < -0.39 is 0 Å². The zero-order valence-corrected chi connectivity index (χ0v) is 9.22. The van der Waals surface area contributed by atoms with E-state index in [4.69, 9.17) is 11.6 Å². The van der Waals surface area contributed by atoms with Gasteiger partial charge in [-0.3, -0.25) is 0 Å². The predicted molar refractivity (Wildman–Crippen MR) is 61.9 cm³/mol. The fourth-order valence-corrected chi connectivity index (χ4v) is 2.25. The van der Waals surface area contributed by atoms with Gasteiger partial charge in [-0.25, -0.2) is 0 Å². The van der Waals surface area contributed by atoms with Gasteiger partial charge >= 0.3 is 0 Å². The zero-order valence-electron chi connectivity index (χ0n) is 8.46. The van der Waals surface area contributed by atoms with Gasteiger partial charge in [0.25, 0.3) is 0 Å². The third-order valence-electron chi connectivity index (χ3n) is 3.06. The first kappa shape index (κ1) is 9.85. The Hall–Kier alpha value is -0.690. The summed E-state index contributed by atoms with van der Waals surface area (Å²) in [5.74, 6) is 0.797. The van der Waals surface area contributed by atoms with Crippen molar-refractivity contribution in [3.63, 3.8) is 0 Å². The molecular weight excluding hydrogens is 194 g/mol. The van der Waals surface area contributed by atoms with Crippen LogP contribution in [0.4, 0.5) is 5.69 Å². The molecule has 0 saturated heterocycles. The molecule has 0 radical (unpaired) electrons. The Bertz CT molecular complexity index is 294. The van der Waals surface area contributed by atoms with Gasteiger partial charge in [-0.2, -0.15) is 0 Å². The van der Waals surface area contributed by atoms with Crippen LogP contribution in [0.1, 0.15) is 26.2 Å². The van der Waals surface area contributed by atoms with Crippen LogP contribution in [-0.2, 0) is 0 Å². The van der Waals surface area contributed by atoms with Crippen molar-refractivity contribution < 1.29 is 0 Å².